The third-order valence-corrected chi connectivity index (χ3v) is 5.91. The predicted molar refractivity (Wildman–Crippen MR) is 106 cm³/mol. The summed E-state index contributed by atoms with van der Waals surface area (Å²) in [6.07, 6.45) is 1.98. The summed E-state index contributed by atoms with van der Waals surface area (Å²) in [7, 11) is 0. The van der Waals surface area contributed by atoms with Crippen molar-refractivity contribution in [2.45, 2.75) is 78.0 Å². The molecule has 0 unspecified atom stereocenters. The van der Waals surface area contributed by atoms with Gasteiger partial charge in [-0.1, -0.05) is 17.4 Å². The van der Waals surface area contributed by atoms with Gasteiger partial charge in [-0.05, 0) is 53.2 Å². The van der Waals surface area contributed by atoms with E-state index in [1.807, 2.05) is 6.92 Å². The van der Waals surface area contributed by atoms with Gasteiger partial charge in [-0.25, -0.2) is 4.79 Å². The summed E-state index contributed by atoms with van der Waals surface area (Å²) in [6, 6.07) is 1.98. The number of rotatable bonds is 3. The molecule has 1 fully saturated rings. The van der Waals surface area contributed by atoms with Crippen LogP contribution < -0.4 is 21.4 Å². The van der Waals surface area contributed by atoms with E-state index in [-0.39, 0.29) is 21.8 Å². The molecule has 1 saturated heterocycles. The van der Waals surface area contributed by atoms with Gasteiger partial charge in [-0.2, -0.15) is 0 Å². The molecule has 1 aromatic carbocycles. The molecular formula is C21H29ClN2O3. The second-order valence-electron chi connectivity index (χ2n) is 9.18. The van der Waals surface area contributed by atoms with Gasteiger partial charge in [-0.3, -0.25) is 0 Å². The van der Waals surface area contributed by atoms with E-state index in [4.69, 9.17) is 16.0 Å². The first-order valence-corrected chi connectivity index (χ1v) is 9.83. The summed E-state index contributed by atoms with van der Waals surface area (Å²) in [6.45, 7) is 12.8. The first-order chi connectivity index (χ1) is 12.4. The third kappa shape index (κ3) is 4.00. The molecule has 0 radical (unpaired) electrons. The largest absolute Gasteiger partial charge is 0.871 e. The van der Waals surface area contributed by atoms with Crippen LogP contribution in [0.3, 0.4) is 0 Å². The Hall–Kier alpha value is -1.56. The molecule has 3 rings (SSSR count). The lowest BCUT2D eigenvalue weighted by molar-refractivity contribution is -0.709. The topological polar surface area (TPSA) is 81.9 Å². The van der Waals surface area contributed by atoms with Crippen molar-refractivity contribution in [2.24, 2.45) is 0 Å². The van der Waals surface area contributed by atoms with Crippen molar-refractivity contribution in [3.05, 3.63) is 38.2 Å². The van der Waals surface area contributed by atoms with Crippen molar-refractivity contribution in [3.63, 3.8) is 0 Å². The van der Waals surface area contributed by atoms with Crippen LogP contribution in [0.15, 0.2) is 15.3 Å². The fraction of sp³-hybridized carbons (Fsp3) is 0.571. The molecule has 0 atom stereocenters. The maximum Gasteiger partial charge on any atom is 0.339 e. The zero-order chi connectivity index (χ0) is 20.1. The van der Waals surface area contributed by atoms with Crippen LogP contribution >= 0.6 is 11.6 Å². The minimum absolute atomic E-state index is 0.0277. The van der Waals surface area contributed by atoms with Crippen LogP contribution in [0.25, 0.3) is 11.0 Å². The first-order valence-electron chi connectivity index (χ1n) is 9.45. The van der Waals surface area contributed by atoms with Crippen molar-refractivity contribution in [1.82, 2.24) is 5.32 Å². The van der Waals surface area contributed by atoms with Crippen molar-refractivity contribution >= 4 is 22.6 Å². The lowest BCUT2D eigenvalue weighted by Gasteiger charge is -2.45. The molecule has 0 bridgehead atoms. The van der Waals surface area contributed by atoms with Crippen molar-refractivity contribution in [1.29, 1.82) is 0 Å². The quantitative estimate of drug-likeness (QED) is 0.786. The minimum atomic E-state index is -0.396. The van der Waals surface area contributed by atoms with Gasteiger partial charge >= 0.3 is 5.63 Å². The van der Waals surface area contributed by atoms with Gasteiger partial charge in [0.1, 0.15) is 12.1 Å². The molecule has 0 amide bonds. The Labute approximate surface area is 165 Å². The molecule has 148 valence electrons. The number of piperidine rings is 1. The number of halogens is 1. The predicted octanol–water partition coefficient (Wildman–Crippen LogP) is 2.51. The van der Waals surface area contributed by atoms with Gasteiger partial charge in [0.05, 0.1) is 6.04 Å². The van der Waals surface area contributed by atoms with Gasteiger partial charge in [0, 0.05) is 45.5 Å². The van der Waals surface area contributed by atoms with E-state index in [2.05, 4.69) is 38.3 Å². The van der Waals surface area contributed by atoms with E-state index in [1.165, 1.54) is 0 Å². The maximum absolute atomic E-state index is 12.7. The number of nitrogens with one attached hydrogen (secondary N) is 1. The highest BCUT2D eigenvalue weighted by Gasteiger charge is 2.39. The SMILES string of the molecule is Cc1c(C)c2cc(Cl)c([O-])c(C[NH2+]C3CC(C)(C)NC(C)(C)C3)c2oc1=O. The molecular weight excluding hydrogens is 364 g/mol. The van der Waals surface area contributed by atoms with Crippen LogP contribution in [0.5, 0.6) is 5.75 Å². The molecule has 5 nitrogen and oxygen atoms in total. The monoisotopic (exact) mass is 392 g/mol. The van der Waals surface area contributed by atoms with Gasteiger partial charge in [-0.15, -0.1) is 0 Å². The fourth-order valence-corrected chi connectivity index (χ4v) is 4.85. The molecule has 2 aromatic rings. The van der Waals surface area contributed by atoms with Crippen LogP contribution in [0.2, 0.25) is 5.02 Å². The van der Waals surface area contributed by atoms with Crippen LogP contribution in [0.1, 0.15) is 57.2 Å². The zero-order valence-corrected chi connectivity index (χ0v) is 17.7. The summed E-state index contributed by atoms with van der Waals surface area (Å²) >= 11 is 6.21. The molecule has 1 aromatic heterocycles. The number of quaternary nitrogens is 1. The van der Waals surface area contributed by atoms with Gasteiger partial charge in [0.15, 0.2) is 0 Å². The first kappa shape index (κ1) is 20.2. The second kappa shape index (κ2) is 6.80. The summed E-state index contributed by atoms with van der Waals surface area (Å²) in [5, 5.41) is 19.5. The average Bonchev–Trinajstić information content (AvgIpc) is 2.52. The van der Waals surface area contributed by atoms with E-state index in [9.17, 15) is 9.90 Å². The highest BCUT2D eigenvalue weighted by molar-refractivity contribution is 6.33. The maximum atomic E-state index is 12.7. The lowest BCUT2D eigenvalue weighted by Crippen LogP contribution is -2.91. The van der Waals surface area contributed by atoms with E-state index >= 15 is 0 Å². The Morgan fingerprint density at radius 1 is 1.22 bits per heavy atom. The molecule has 0 saturated carbocycles. The molecule has 0 aliphatic carbocycles. The number of aryl methyl sites for hydroxylation is 1. The second-order valence-corrected chi connectivity index (χ2v) is 9.59. The standard InChI is InChI=1S/C21H29ClN2O3/c1-11-12(2)19(26)27-18-14(11)7-16(22)17(25)15(18)10-23-13-8-20(3,4)24-21(5,6)9-13/h7,13,23-25H,8-10H2,1-6H3. The van der Waals surface area contributed by atoms with Crippen molar-refractivity contribution < 1.29 is 14.8 Å². The average molecular weight is 393 g/mol. The summed E-state index contributed by atoms with van der Waals surface area (Å²) < 4.78 is 5.52. The minimum Gasteiger partial charge on any atom is -0.871 e. The Morgan fingerprint density at radius 2 is 1.81 bits per heavy atom. The van der Waals surface area contributed by atoms with Crippen LogP contribution in [0, 0.1) is 13.8 Å². The van der Waals surface area contributed by atoms with Gasteiger partial charge in [0.25, 0.3) is 0 Å². The number of nitrogens with two attached hydrogens (primary N) is 1. The van der Waals surface area contributed by atoms with E-state index < -0.39 is 5.63 Å². The molecule has 27 heavy (non-hydrogen) atoms. The van der Waals surface area contributed by atoms with Crippen LogP contribution in [-0.4, -0.2) is 17.1 Å². The summed E-state index contributed by atoms with van der Waals surface area (Å²) in [5.74, 6) is -0.251. The summed E-state index contributed by atoms with van der Waals surface area (Å²) in [5.41, 5.74) is 1.88. The molecule has 6 heteroatoms. The Morgan fingerprint density at radius 3 is 2.41 bits per heavy atom. The van der Waals surface area contributed by atoms with E-state index in [1.54, 1.807) is 13.0 Å². The molecule has 0 spiro atoms. The van der Waals surface area contributed by atoms with Crippen molar-refractivity contribution in [2.75, 3.05) is 0 Å². The van der Waals surface area contributed by atoms with Crippen LogP contribution in [0.4, 0.5) is 0 Å². The summed E-state index contributed by atoms with van der Waals surface area (Å²) in [4.78, 5) is 12.2. The normalized spacial score (nSPS) is 19.5. The number of hydrogen-bond acceptors (Lipinski definition) is 4. The molecule has 3 N–H and O–H groups in total. The van der Waals surface area contributed by atoms with E-state index in [0.29, 0.717) is 29.3 Å². The van der Waals surface area contributed by atoms with Gasteiger partial charge in [0.2, 0.25) is 0 Å². The number of hydrogen-bond donors (Lipinski definition) is 2. The molecule has 1 aliphatic heterocycles. The highest BCUT2D eigenvalue weighted by atomic mass is 35.5. The zero-order valence-electron chi connectivity index (χ0n) is 17.0. The van der Waals surface area contributed by atoms with E-state index in [0.717, 1.165) is 23.8 Å². The van der Waals surface area contributed by atoms with Crippen LogP contribution in [-0.2, 0) is 6.54 Å². The highest BCUT2D eigenvalue weighted by Crippen LogP contribution is 2.34. The Balaban J connectivity index is 1.97. The smallest absolute Gasteiger partial charge is 0.339 e. The van der Waals surface area contributed by atoms with Gasteiger partial charge < -0.3 is 20.2 Å². The fourth-order valence-electron chi connectivity index (χ4n) is 4.62. The Bertz CT molecular complexity index is 931. The lowest BCUT2D eigenvalue weighted by atomic mass is 9.79. The number of benzene rings is 1. The molecule has 1 aliphatic rings. The Kier molecular flexibility index (Phi) is 5.08. The van der Waals surface area contributed by atoms with Crippen molar-refractivity contribution in [3.8, 4) is 5.75 Å². The molecule has 2 heterocycles. The third-order valence-electron chi connectivity index (χ3n) is 5.63. The number of fused-ring (bicyclic) bond motifs is 1.